The largest absolute Gasteiger partial charge is 0.469 e. The summed E-state index contributed by atoms with van der Waals surface area (Å²) in [6, 6.07) is -2.78. The molecule has 1 aliphatic carbocycles. The highest BCUT2D eigenvalue weighted by Crippen LogP contribution is 2.35. The van der Waals surface area contributed by atoms with Crippen molar-refractivity contribution in [1.82, 2.24) is 35.4 Å². The summed E-state index contributed by atoms with van der Waals surface area (Å²) in [5.74, 6) is -3.20. The number of hydrogen-bond donors (Lipinski definition) is 2. The summed E-state index contributed by atoms with van der Waals surface area (Å²) >= 11 is 1.04. The van der Waals surface area contributed by atoms with Crippen molar-refractivity contribution >= 4 is 41.0 Å². The molecule has 15 nitrogen and oxygen atoms in total. The van der Waals surface area contributed by atoms with Crippen molar-refractivity contribution in [2.45, 2.75) is 89.3 Å². The molecule has 55 heavy (non-hydrogen) atoms. The highest BCUT2D eigenvalue weighted by molar-refractivity contribution is 7.09. The highest BCUT2D eigenvalue weighted by atomic mass is 32.1. The van der Waals surface area contributed by atoms with Crippen LogP contribution >= 0.6 is 11.3 Å². The van der Waals surface area contributed by atoms with Crippen LogP contribution in [0.15, 0.2) is 29.9 Å². The first-order chi connectivity index (χ1) is 25.9. The van der Waals surface area contributed by atoms with Crippen molar-refractivity contribution in [3.05, 3.63) is 52.0 Å². The van der Waals surface area contributed by atoms with E-state index in [1.54, 1.807) is 20.9 Å². The second-order valence-corrected chi connectivity index (χ2v) is 14.9. The molecule has 0 aromatic carbocycles. The number of morpholine rings is 1. The molecule has 2 aliphatic rings. The van der Waals surface area contributed by atoms with E-state index in [1.807, 2.05) is 11.9 Å². The maximum Gasteiger partial charge on any atom is 0.419 e. The first-order valence-corrected chi connectivity index (χ1v) is 18.7. The van der Waals surface area contributed by atoms with Crippen molar-refractivity contribution in [2.24, 2.45) is 11.8 Å². The van der Waals surface area contributed by atoms with E-state index in [0.29, 0.717) is 31.1 Å². The Morgan fingerprint density at radius 3 is 2.36 bits per heavy atom. The lowest BCUT2D eigenvalue weighted by molar-refractivity contribution is -0.148. The number of halogens is 3. The third-order valence-corrected chi connectivity index (χ3v) is 10.5. The number of amides is 3. The summed E-state index contributed by atoms with van der Waals surface area (Å²) in [4.78, 5) is 80.7. The van der Waals surface area contributed by atoms with Gasteiger partial charge in [-0.1, -0.05) is 19.1 Å². The quantitative estimate of drug-likeness (QED) is 0.177. The van der Waals surface area contributed by atoms with E-state index in [2.05, 4.69) is 32.2 Å². The summed E-state index contributed by atoms with van der Waals surface area (Å²) in [6.07, 6.45) is -2.81. The van der Waals surface area contributed by atoms with Crippen molar-refractivity contribution < 1.29 is 51.4 Å². The third-order valence-electron chi connectivity index (χ3n) is 9.55. The van der Waals surface area contributed by atoms with Crippen LogP contribution in [0, 0.1) is 11.8 Å². The molecule has 1 aliphatic heterocycles. The van der Waals surface area contributed by atoms with E-state index < -0.39 is 65.8 Å². The molecular formula is C36H48F3N7O8S. The maximum atomic E-state index is 14.0. The number of nitrogens with zero attached hydrogens (tertiary/aromatic N) is 5. The number of methoxy groups -OCH3 is 1. The molecule has 0 unspecified atom stereocenters. The van der Waals surface area contributed by atoms with Gasteiger partial charge in [0, 0.05) is 57.2 Å². The van der Waals surface area contributed by atoms with Gasteiger partial charge >= 0.3 is 18.1 Å². The topological polar surface area (TPSA) is 182 Å². The van der Waals surface area contributed by atoms with Gasteiger partial charge in [0.2, 0.25) is 11.8 Å². The molecule has 0 spiro atoms. The smallest absolute Gasteiger partial charge is 0.419 e. The van der Waals surface area contributed by atoms with Crippen molar-refractivity contribution in [1.29, 1.82) is 0 Å². The lowest BCUT2D eigenvalue weighted by atomic mass is 9.99. The first-order valence-electron chi connectivity index (χ1n) is 17.8. The fraction of sp³-hybridized carbons (Fsp3) is 0.611. The van der Waals surface area contributed by atoms with Crippen LogP contribution in [0.4, 0.5) is 13.2 Å². The number of thiazole rings is 1. The van der Waals surface area contributed by atoms with Gasteiger partial charge in [-0.25, -0.2) is 15.0 Å². The summed E-state index contributed by atoms with van der Waals surface area (Å²) in [7, 11) is 4.64. The average Bonchev–Trinajstić information content (AvgIpc) is 3.85. The van der Waals surface area contributed by atoms with Crippen molar-refractivity contribution in [3.63, 3.8) is 0 Å². The highest BCUT2D eigenvalue weighted by Gasteiger charge is 2.42. The summed E-state index contributed by atoms with van der Waals surface area (Å²) in [5.41, 5.74) is -0.503. The normalized spacial score (nSPS) is 18.9. The molecule has 6 atom stereocenters. The predicted molar refractivity (Wildman–Crippen MR) is 192 cm³/mol. The number of esters is 2. The van der Waals surface area contributed by atoms with Crippen LogP contribution in [0.2, 0.25) is 0 Å². The van der Waals surface area contributed by atoms with Crippen LogP contribution < -0.4 is 10.6 Å². The SMILES string of the molecule is C=C(C)[C@@H](C[C@@H](OC(C)=O)c1nc(C(=O)N[C@@H](Cc2ncc(C(F)(F)F)cn2)C[C@H](C)C(=O)OC)cs1)N(C)C(=O)[C@@H](NC(=O)[C@H]1COCCN1C)C1CC1. The second-order valence-electron chi connectivity index (χ2n) is 14.0. The minimum absolute atomic E-state index is 0.00703. The van der Waals surface area contributed by atoms with E-state index in [1.165, 1.54) is 24.3 Å². The van der Waals surface area contributed by atoms with E-state index in [0.717, 1.165) is 24.2 Å². The number of likely N-dealkylation sites (N-methyl/N-ethyl adjacent to an activating group) is 2. The molecule has 3 heterocycles. The lowest BCUT2D eigenvalue weighted by Crippen LogP contribution is -2.58. The molecule has 2 fully saturated rings. The van der Waals surface area contributed by atoms with Gasteiger partial charge in [-0.05, 0) is 39.2 Å². The molecule has 1 saturated heterocycles. The molecule has 3 amide bonds. The van der Waals surface area contributed by atoms with Gasteiger partial charge in [0.15, 0.2) is 6.10 Å². The molecule has 2 aromatic heterocycles. The fourth-order valence-corrected chi connectivity index (χ4v) is 7.07. The minimum Gasteiger partial charge on any atom is -0.469 e. The molecule has 2 N–H and O–H groups in total. The maximum absolute atomic E-state index is 14.0. The van der Waals surface area contributed by atoms with Gasteiger partial charge in [0.25, 0.3) is 5.91 Å². The van der Waals surface area contributed by atoms with Gasteiger partial charge in [0.1, 0.15) is 28.6 Å². The van der Waals surface area contributed by atoms with Crippen LogP contribution in [0.5, 0.6) is 0 Å². The Kier molecular flexibility index (Phi) is 14.9. The monoisotopic (exact) mass is 795 g/mol. The van der Waals surface area contributed by atoms with Gasteiger partial charge in [0.05, 0.1) is 37.8 Å². The number of hydrogen-bond acceptors (Lipinski definition) is 13. The van der Waals surface area contributed by atoms with Crippen LogP contribution in [0.25, 0.3) is 0 Å². The predicted octanol–water partition coefficient (Wildman–Crippen LogP) is 3.12. The molecule has 302 valence electrons. The van der Waals surface area contributed by atoms with Crippen LogP contribution in [0.1, 0.15) is 79.4 Å². The number of nitrogens with one attached hydrogen (secondary N) is 2. The second kappa shape index (κ2) is 18.9. The van der Waals surface area contributed by atoms with E-state index in [9.17, 15) is 37.1 Å². The van der Waals surface area contributed by atoms with Gasteiger partial charge in [-0.2, -0.15) is 13.2 Å². The number of carbonyl (C=O) groups is 5. The number of alkyl halides is 3. The van der Waals surface area contributed by atoms with Gasteiger partial charge < -0.3 is 29.7 Å². The lowest BCUT2D eigenvalue weighted by Gasteiger charge is -2.35. The average molecular weight is 796 g/mol. The Morgan fingerprint density at radius 1 is 1.13 bits per heavy atom. The molecule has 1 saturated carbocycles. The number of carbonyl (C=O) groups excluding carboxylic acids is 5. The summed E-state index contributed by atoms with van der Waals surface area (Å²) < 4.78 is 55.2. The van der Waals surface area contributed by atoms with Crippen LogP contribution in [0.3, 0.4) is 0 Å². The Labute approximate surface area is 321 Å². The van der Waals surface area contributed by atoms with Crippen molar-refractivity contribution in [3.8, 4) is 0 Å². The molecule has 19 heteroatoms. The Balaban J connectivity index is 1.50. The zero-order chi connectivity index (χ0) is 40.6. The molecule has 2 aromatic rings. The van der Waals surface area contributed by atoms with E-state index in [4.69, 9.17) is 14.2 Å². The third kappa shape index (κ3) is 12.0. The van der Waals surface area contributed by atoms with Crippen LogP contribution in [-0.2, 0) is 46.0 Å². The molecular weight excluding hydrogens is 747 g/mol. The fourth-order valence-electron chi connectivity index (χ4n) is 6.23. The first kappa shape index (κ1) is 43.2. The molecule has 0 bridgehead atoms. The number of aromatic nitrogens is 3. The van der Waals surface area contributed by atoms with Gasteiger partial charge in [-0.3, -0.25) is 28.9 Å². The number of ether oxygens (including phenoxy) is 3. The minimum atomic E-state index is -4.63. The molecule has 0 radical (unpaired) electrons. The van der Waals surface area contributed by atoms with Crippen molar-refractivity contribution in [2.75, 3.05) is 41.0 Å². The zero-order valence-electron chi connectivity index (χ0n) is 31.7. The standard InChI is InChI=1S/C36H48F3N7O8S/c1-19(2)26(46(6)34(50)30(22-8-9-22)44-32(49)27-17-53-11-10-45(27)5)14-28(54-21(4)47)33-43-25(18-55-33)31(48)42-24(12-20(3)35(51)52-7)13-29-40-15-23(16-41-29)36(37,38)39/h15-16,18,20,22,24,26-28,30H,1,8-14,17H2,2-7H3,(H,42,48)(H,44,49)/t20-,24+,26+,27+,28+,30-/m0/s1. The Hall–Kier alpha value is -4.49. The number of rotatable bonds is 17. The Morgan fingerprint density at radius 2 is 1.80 bits per heavy atom. The van der Waals surface area contributed by atoms with E-state index >= 15 is 0 Å². The summed E-state index contributed by atoms with van der Waals surface area (Å²) in [5, 5.41) is 7.42. The van der Waals surface area contributed by atoms with E-state index in [-0.39, 0.29) is 60.1 Å². The van der Waals surface area contributed by atoms with Gasteiger partial charge in [-0.15, -0.1) is 11.3 Å². The zero-order valence-corrected chi connectivity index (χ0v) is 32.5. The summed E-state index contributed by atoms with van der Waals surface area (Å²) in [6.45, 7) is 9.93. The molecule has 4 rings (SSSR count). The van der Waals surface area contributed by atoms with Crippen LogP contribution in [-0.4, -0.2) is 120 Å². The Bertz CT molecular complexity index is 1700.